The Hall–Kier alpha value is -0.570. The van der Waals surface area contributed by atoms with Gasteiger partial charge in [0.25, 0.3) is 0 Å². The van der Waals surface area contributed by atoms with E-state index in [2.05, 4.69) is 41.5 Å². The van der Waals surface area contributed by atoms with Gasteiger partial charge in [0.05, 0.1) is 5.92 Å². The van der Waals surface area contributed by atoms with Crippen molar-refractivity contribution in [2.75, 3.05) is 13.1 Å². The van der Waals surface area contributed by atoms with Crippen molar-refractivity contribution in [1.29, 1.82) is 0 Å². The molecule has 0 saturated heterocycles. The summed E-state index contributed by atoms with van der Waals surface area (Å²) in [6, 6.07) is 0.252. The monoisotopic (exact) mass is 228 g/mol. The maximum Gasteiger partial charge on any atom is 0.227 e. The first-order valence-corrected chi connectivity index (χ1v) is 6.31. The summed E-state index contributed by atoms with van der Waals surface area (Å²) in [6.45, 7) is 13.8. The summed E-state index contributed by atoms with van der Waals surface area (Å²) in [5, 5.41) is 0. The van der Waals surface area contributed by atoms with E-state index in [1.54, 1.807) is 0 Å². The van der Waals surface area contributed by atoms with Gasteiger partial charge in [0, 0.05) is 19.1 Å². The SMILES string of the molecule is CC(C)CN(C(=O)C(CN)C(C)C)C(C)C. The van der Waals surface area contributed by atoms with E-state index in [0.29, 0.717) is 18.4 Å². The van der Waals surface area contributed by atoms with Crippen molar-refractivity contribution in [3.05, 3.63) is 0 Å². The maximum atomic E-state index is 12.3. The highest BCUT2D eigenvalue weighted by Gasteiger charge is 2.27. The molecule has 0 bridgehead atoms. The van der Waals surface area contributed by atoms with E-state index in [4.69, 9.17) is 5.73 Å². The summed E-state index contributed by atoms with van der Waals surface area (Å²) in [4.78, 5) is 14.3. The third kappa shape index (κ3) is 4.52. The topological polar surface area (TPSA) is 46.3 Å². The van der Waals surface area contributed by atoms with Gasteiger partial charge in [-0.25, -0.2) is 0 Å². The van der Waals surface area contributed by atoms with Crippen molar-refractivity contribution in [2.45, 2.75) is 47.6 Å². The van der Waals surface area contributed by atoms with Gasteiger partial charge in [-0.05, 0) is 25.7 Å². The van der Waals surface area contributed by atoms with Crippen LogP contribution in [0.4, 0.5) is 0 Å². The minimum Gasteiger partial charge on any atom is -0.340 e. The number of hydrogen-bond acceptors (Lipinski definition) is 2. The van der Waals surface area contributed by atoms with Gasteiger partial charge >= 0.3 is 0 Å². The lowest BCUT2D eigenvalue weighted by Crippen LogP contribution is -2.46. The Morgan fingerprint density at radius 1 is 1.12 bits per heavy atom. The lowest BCUT2D eigenvalue weighted by molar-refractivity contribution is -0.139. The molecular formula is C13H28N2O. The van der Waals surface area contributed by atoms with Gasteiger partial charge in [-0.2, -0.15) is 0 Å². The van der Waals surface area contributed by atoms with Crippen molar-refractivity contribution >= 4 is 5.91 Å². The zero-order chi connectivity index (χ0) is 12.9. The van der Waals surface area contributed by atoms with Crippen molar-refractivity contribution in [3.8, 4) is 0 Å². The zero-order valence-electron chi connectivity index (χ0n) is 11.7. The smallest absolute Gasteiger partial charge is 0.227 e. The summed E-state index contributed by atoms with van der Waals surface area (Å²) in [5.74, 6) is 0.977. The van der Waals surface area contributed by atoms with E-state index in [-0.39, 0.29) is 17.9 Å². The number of carbonyl (C=O) groups excluding carboxylic acids is 1. The zero-order valence-corrected chi connectivity index (χ0v) is 11.7. The molecule has 0 saturated carbocycles. The molecule has 0 heterocycles. The Balaban J connectivity index is 4.71. The van der Waals surface area contributed by atoms with E-state index in [0.717, 1.165) is 6.54 Å². The predicted octanol–water partition coefficient (Wildman–Crippen LogP) is 2.11. The highest BCUT2D eigenvalue weighted by Crippen LogP contribution is 2.16. The molecule has 1 amide bonds. The molecule has 3 nitrogen and oxygen atoms in total. The predicted molar refractivity (Wildman–Crippen MR) is 69.1 cm³/mol. The molecule has 0 aliphatic carbocycles. The highest BCUT2D eigenvalue weighted by atomic mass is 16.2. The Morgan fingerprint density at radius 3 is 1.88 bits per heavy atom. The summed E-state index contributed by atoms with van der Waals surface area (Å²) in [7, 11) is 0. The van der Waals surface area contributed by atoms with E-state index >= 15 is 0 Å². The van der Waals surface area contributed by atoms with Gasteiger partial charge in [-0.3, -0.25) is 4.79 Å². The summed E-state index contributed by atoms with van der Waals surface area (Å²) in [6.07, 6.45) is 0. The van der Waals surface area contributed by atoms with E-state index in [1.807, 2.05) is 4.90 Å². The molecule has 0 spiro atoms. The van der Waals surface area contributed by atoms with Crippen LogP contribution in [0.1, 0.15) is 41.5 Å². The Morgan fingerprint density at radius 2 is 1.62 bits per heavy atom. The highest BCUT2D eigenvalue weighted by molar-refractivity contribution is 5.79. The fourth-order valence-electron chi connectivity index (χ4n) is 1.82. The molecule has 2 N–H and O–H groups in total. The minimum absolute atomic E-state index is 0.0406. The number of carbonyl (C=O) groups is 1. The lowest BCUT2D eigenvalue weighted by Gasteiger charge is -2.33. The first-order valence-electron chi connectivity index (χ1n) is 6.31. The summed E-state index contributed by atoms with van der Waals surface area (Å²) < 4.78 is 0. The van der Waals surface area contributed by atoms with Crippen LogP contribution >= 0.6 is 0 Å². The van der Waals surface area contributed by atoms with Crippen LogP contribution in [0.15, 0.2) is 0 Å². The second kappa shape index (κ2) is 6.89. The fraction of sp³-hybridized carbons (Fsp3) is 0.923. The first-order chi connectivity index (χ1) is 7.31. The molecule has 0 aromatic rings. The van der Waals surface area contributed by atoms with Crippen molar-refractivity contribution < 1.29 is 4.79 Å². The Bertz CT molecular complexity index is 212. The van der Waals surface area contributed by atoms with Gasteiger partial charge in [-0.1, -0.05) is 27.7 Å². The molecular weight excluding hydrogens is 200 g/mol. The van der Waals surface area contributed by atoms with Gasteiger partial charge in [0.15, 0.2) is 0 Å². The maximum absolute atomic E-state index is 12.3. The van der Waals surface area contributed by atoms with Crippen molar-refractivity contribution in [2.24, 2.45) is 23.5 Å². The van der Waals surface area contributed by atoms with E-state index < -0.39 is 0 Å². The summed E-state index contributed by atoms with van der Waals surface area (Å²) >= 11 is 0. The molecule has 0 aliphatic rings. The number of hydrogen-bond donors (Lipinski definition) is 1. The van der Waals surface area contributed by atoms with Gasteiger partial charge < -0.3 is 10.6 Å². The molecule has 0 aromatic heterocycles. The van der Waals surface area contributed by atoms with E-state index in [1.165, 1.54) is 0 Å². The average Bonchev–Trinajstić information content (AvgIpc) is 2.13. The minimum atomic E-state index is -0.0406. The molecule has 0 aromatic carbocycles. The van der Waals surface area contributed by atoms with Crippen LogP contribution in [-0.2, 0) is 4.79 Å². The molecule has 0 rings (SSSR count). The van der Waals surface area contributed by atoms with Crippen LogP contribution < -0.4 is 5.73 Å². The van der Waals surface area contributed by atoms with Crippen molar-refractivity contribution in [3.63, 3.8) is 0 Å². The number of nitrogens with zero attached hydrogens (tertiary/aromatic N) is 1. The normalized spacial score (nSPS) is 13.6. The second-order valence-corrected chi connectivity index (χ2v) is 5.56. The molecule has 0 radical (unpaired) electrons. The third-order valence-electron chi connectivity index (χ3n) is 2.84. The Labute approximate surface area is 100 Å². The largest absolute Gasteiger partial charge is 0.340 e. The first kappa shape index (κ1) is 15.4. The Kier molecular flexibility index (Phi) is 6.65. The lowest BCUT2D eigenvalue weighted by atomic mass is 9.93. The molecule has 1 atom stereocenters. The van der Waals surface area contributed by atoms with Crippen LogP contribution in [0.5, 0.6) is 0 Å². The number of amides is 1. The van der Waals surface area contributed by atoms with Crippen molar-refractivity contribution in [1.82, 2.24) is 4.90 Å². The van der Waals surface area contributed by atoms with Crippen LogP contribution in [0.3, 0.4) is 0 Å². The quantitative estimate of drug-likeness (QED) is 0.757. The molecule has 16 heavy (non-hydrogen) atoms. The van der Waals surface area contributed by atoms with E-state index in [9.17, 15) is 4.79 Å². The molecule has 0 aliphatic heterocycles. The molecule has 0 fully saturated rings. The second-order valence-electron chi connectivity index (χ2n) is 5.56. The standard InChI is InChI=1S/C13H28N2O/c1-9(2)8-15(11(5)6)13(16)12(7-14)10(3)4/h9-12H,7-8,14H2,1-6H3. The van der Waals surface area contributed by atoms with Gasteiger partial charge in [0.1, 0.15) is 0 Å². The van der Waals surface area contributed by atoms with Gasteiger partial charge in [-0.15, -0.1) is 0 Å². The molecule has 3 heteroatoms. The van der Waals surface area contributed by atoms with Gasteiger partial charge in [0.2, 0.25) is 5.91 Å². The number of nitrogens with two attached hydrogens (primary N) is 1. The van der Waals surface area contributed by atoms with Crippen LogP contribution in [0, 0.1) is 17.8 Å². The fourth-order valence-corrected chi connectivity index (χ4v) is 1.82. The average molecular weight is 228 g/mol. The third-order valence-corrected chi connectivity index (χ3v) is 2.84. The van der Waals surface area contributed by atoms with Crippen LogP contribution in [-0.4, -0.2) is 29.9 Å². The molecule has 1 unspecified atom stereocenters. The van der Waals surface area contributed by atoms with Crippen LogP contribution in [0.2, 0.25) is 0 Å². The number of rotatable bonds is 6. The summed E-state index contributed by atoms with van der Waals surface area (Å²) in [5.41, 5.74) is 5.70. The van der Waals surface area contributed by atoms with Crippen LogP contribution in [0.25, 0.3) is 0 Å². The molecule has 96 valence electrons.